The van der Waals surface area contributed by atoms with Gasteiger partial charge in [-0.25, -0.2) is 9.97 Å². The normalized spacial score (nSPS) is 19.6. The van der Waals surface area contributed by atoms with Gasteiger partial charge in [-0.05, 0) is 48.4 Å². The predicted molar refractivity (Wildman–Crippen MR) is 104 cm³/mol. The minimum absolute atomic E-state index is 0.179. The zero-order chi connectivity index (χ0) is 21.3. The van der Waals surface area contributed by atoms with Gasteiger partial charge in [-0.2, -0.15) is 13.2 Å². The number of halogens is 3. The molecule has 2 heterocycles. The second-order valence-corrected chi connectivity index (χ2v) is 7.22. The molecule has 0 aliphatic carbocycles. The van der Waals surface area contributed by atoms with E-state index in [9.17, 15) is 18.3 Å². The molecule has 1 N–H and O–H groups in total. The van der Waals surface area contributed by atoms with E-state index in [4.69, 9.17) is 4.74 Å². The highest BCUT2D eigenvalue weighted by Gasteiger charge is 2.31. The van der Waals surface area contributed by atoms with Gasteiger partial charge in [0.15, 0.2) is 0 Å². The van der Waals surface area contributed by atoms with E-state index in [0.29, 0.717) is 41.4 Å². The highest BCUT2D eigenvalue weighted by molar-refractivity contribution is 5.66. The van der Waals surface area contributed by atoms with Crippen molar-refractivity contribution in [3.8, 4) is 16.9 Å². The van der Waals surface area contributed by atoms with Crippen LogP contribution in [0.5, 0.6) is 5.75 Å². The maximum atomic E-state index is 12.8. The Hall–Kier alpha value is -2.97. The smallest absolute Gasteiger partial charge is 0.416 e. The van der Waals surface area contributed by atoms with Crippen molar-refractivity contribution >= 4 is 0 Å². The fraction of sp³-hybridized carbons (Fsp3) is 0.273. The molecule has 1 unspecified atom stereocenters. The first-order valence-electron chi connectivity index (χ1n) is 9.47. The van der Waals surface area contributed by atoms with Crippen molar-refractivity contribution in [3.05, 3.63) is 77.9 Å². The Morgan fingerprint density at radius 1 is 1.07 bits per heavy atom. The van der Waals surface area contributed by atoms with Crippen LogP contribution in [0.15, 0.2) is 60.9 Å². The molecule has 2 aromatic carbocycles. The Bertz CT molecular complexity index is 1010. The first kappa shape index (κ1) is 20.3. The fourth-order valence-electron chi connectivity index (χ4n) is 3.51. The van der Waals surface area contributed by atoms with Crippen LogP contribution in [0, 0.1) is 0 Å². The lowest BCUT2D eigenvalue weighted by atomic mass is 10.00. The number of benzene rings is 2. The second kappa shape index (κ2) is 8.04. The van der Waals surface area contributed by atoms with Crippen molar-refractivity contribution < 1.29 is 23.0 Å². The fourth-order valence-corrected chi connectivity index (χ4v) is 3.51. The largest absolute Gasteiger partial charge is 0.489 e. The molecule has 0 saturated carbocycles. The summed E-state index contributed by atoms with van der Waals surface area (Å²) < 4.78 is 44.5. The number of fused-ring (bicyclic) bond motifs is 1. The molecule has 1 aromatic heterocycles. The van der Waals surface area contributed by atoms with Gasteiger partial charge in [0.25, 0.3) is 0 Å². The Balaban J connectivity index is 1.65. The molecule has 0 radical (unpaired) electrons. The Morgan fingerprint density at radius 2 is 1.73 bits per heavy atom. The zero-order valence-electron chi connectivity index (χ0n) is 16.2. The van der Waals surface area contributed by atoms with Crippen LogP contribution in [-0.2, 0) is 12.7 Å². The third-order valence-corrected chi connectivity index (χ3v) is 4.96. The van der Waals surface area contributed by atoms with Crippen molar-refractivity contribution in [2.45, 2.75) is 32.0 Å². The molecule has 2 atom stereocenters. The molecule has 30 heavy (non-hydrogen) atoms. The molecule has 156 valence electrons. The Morgan fingerprint density at radius 3 is 2.40 bits per heavy atom. The number of hydrogen-bond donors (Lipinski definition) is 1. The van der Waals surface area contributed by atoms with Crippen molar-refractivity contribution in [2.24, 2.45) is 0 Å². The van der Waals surface area contributed by atoms with Gasteiger partial charge < -0.3 is 9.84 Å². The third kappa shape index (κ3) is 4.29. The van der Waals surface area contributed by atoms with E-state index >= 15 is 0 Å². The molecule has 1 aliphatic rings. The number of aromatic nitrogens is 2. The van der Waals surface area contributed by atoms with E-state index in [1.165, 1.54) is 12.1 Å². The third-order valence-electron chi connectivity index (χ3n) is 4.96. The average molecular weight is 415 g/mol. The number of alkyl halides is 3. The second-order valence-electron chi connectivity index (χ2n) is 7.22. The highest BCUT2D eigenvalue weighted by Crippen LogP contribution is 2.37. The first-order chi connectivity index (χ1) is 14.3. The highest BCUT2D eigenvalue weighted by atomic mass is 19.4. The summed E-state index contributed by atoms with van der Waals surface area (Å²) in [6.07, 6.45) is -2.25. The van der Waals surface area contributed by atoms with Crippen LogP contribution in [0.2, 0.25) is 0 Å². The van der Waals surface area contributed by atoms with Crippen LogP contribution in [0.3, 0.4) is 0 Å². The van der Waals surface area contributed by atoms with Gasteiger partial charge in [0.2, 0.25) is 0 Å². The van der Waals surface area contributed by atoms with Gasteiger partial charge in [-0.1, -0.05) is 18.2 Å². The molecule has 0 bridgehead atoms. The molecule has 0 spiro atoms. The maximum Gasteiger partial charge on any atom is 0.416 e. The molecule has 0 amide bonds. The average Bonchev–Trinajstić information content (AvgIpc) is 2.84. The van der Waals surface area contributed by atoms with Crippen LogP contribution in [-0.4, -0.2) is 32.6 Å². The summed E-state index contributed by atoms with van der Waals surface area (Å²) in [5, 5.41) is 11.0. The molecular weight excluding hydrogens is 395 g/mol. The number of nitrogens with zero attached hydrogens (tertiary/aromatic N) is 3. The summed E-state index contributed by atoms with van der Waals surface area (Å²) in [5.74, 6) is 1.12. The Labute approximate surface area is 171 Å². The molecular formula is C22H20F3N3O2. The SMILES string of the molecule is C[C@H]1CN(Cc2ncccn2)C(O)c2cc(-c3ccc(C(F)(F)F)cc3)ccc2O1. The molecule has 0 fully saturated rings. The summed E-state index contributed by atoms with van der Waals surface area (Å²) >= 11 is 0. The van der Waals surface area contributed by atoms with E-state index in [0.717, 1.165) is 12.1 Å². The van der Waals surface area contributed by atoms with Crippen LogP contribution in [0.1, 0.15) is 30.1 Å². The summed E-state index contributed by atoms with van der Waals surface area (Å²) in [5.41, 5.74) is 1.16. The molecule has 0 saturated heterocycles. The van der Waals surface area contributed by atoms with Crippen molar-refractivity contribution in [1.82, 2.24) is 14.9 Å². The predicted octanol–water partition coefficient (Wildman–Crippen LogP) is 4.44. The van der Waals surface area contributed by atoms with Crippen molar-refractivity contribution in [1.29, 1.82) is 0 Å². The van der Waals surface area contributed by atoms with E-state index < -0.39 is 18.0 Å². The maximum absolute atomic E-state index is 12.8. The Kier molecular flexibility index (Phi) is 5.44. The minimum Gasteiger partial charge on any atom is -0.489 e. The van der Waals surface area contributed by atoms with Crippen molar-refractivity contribution in [3.63, 3.8) is 0 Å². The zero-order valence-corrected chi connectivity index (χ0v) is 16.2. The van der Waals surface area contributed by atoms with E-state index in [2.05, 4.69) is 9.97 Å². The van der Waals surface area contributed by atoms with Crippen LogP contribution in [0.4, 0.5) is 13.2 Å². The summed E-state index contributed by atoms with van der Waals surface area (Å²) in [7, 11) is 0. The van der Waals surface area contributed by atoms with Gasteiger partial charge >= 0.3 is 6.18 Å². The summed E-state index contributed by atoms with van der Waals surface area (Å²) in [6, 6.07) is 11.9. The van der Waals surface area contributed by atoms with E-state index in [-0.39, 0.29) is 6.10 Å². The van der Waals surface area contributed by atoms with Gasteiger partial charge in [-0.3, -0.25) is 4.90 Å². The molecule has 4 rings (SSSR count). The van der Waals surface area contributed by atoms with Gasteiger partial charge in [0.05, 0.1) is 12.1 Å². The van der Waals surface area contributed by atoms with Gasteiger partial charge in [-0.15, -0.1) is 0 Å². The van der Waals surface area contributed by atoms with Crippen LogP contribution in [0.25, 0.3) is 11.1 Å². The summed E-state index contributed by atoms with van der Waals surface area (Å²) in [4.78, 5) is 10.2. The monoisotopic (exact) mass is 415 g/mol. The number of aliphatic hydroxyl groups excluding tert-OH is 1. The standard InChI is InChI=1S/C22H20F3N3O2/c1-14-12-28(13-20-26-9-2-10-27-20)21(29)18-11-16(5-8-19(18)30-14)15-3-6-17(7-4-15)22(23,24)25/h2-11,14,21,29H,12-13H2,1H3/t14-,21?/m0/s1. The van der Waals surface area contributed by atoms with Crippen molar-refractivity contribution in [2.75, 3.05) is 6.54 Å². The lowest BCUT2D eigenvalue weighted by Gasteiger charge is -2.26. The van der Waals surface area contributed by atoms with E-state index in [1.807, 2.05) is 11.8 Å². The molecule has 8 heteroatoms. The van der Waals surface area contributed by atoms with Gasteiger partial charge in [0, 0.05) is 24.5 Å². The number of aliphatic hydroxyl groups is 1. The molecule has 3 aromatic rings. The van der Waals surface area contributed by atoms with Gasteiger partial charge in [0.1, 0.15) is 23.9 Å². The number of ether oxygens (including phenoxy) is 1. The lowest BCUT2D eigenvalue weighted by Crippen LogP contribution is -2.34. The quantitative estimate of drug-likeness (QED) is 0.686. The number of rotatable bonds is 3. The minimum atomic E-state index is -4.38. The van der Waals surface area contributed by atoms with Crippen LogP contribution < -0.4 is 4.74 Å². The molecule has 1 aliphatic heterocycles. The summed E-state index contributed by atoms with van der Waals surface area (Å²) in [6.45, 7) is 2.70. The topological polar surface area (TPSA) is 58.5 Å². The lowest BCUT2D eigenvalue weighted by molar-refractivity contribution is -0.137. The first-order valence-corrected chi connectivity index (χ1v) is 9.47. The van der Waals surface area contributed by atoms with E-state index in [1.54, 1.807) is 36.7 Å². The molecule has 5 nitrogen and oxygen atoms in total. The van der Waals surface area contributed by atoms with Crippen LogP contribution >= 0.6 is 0 Å². The number of hydrogen-bond acceptors (Lipinski definition) is 5.